The van der Waals surface area contributed by atoms with E-state index in [1.807, 2.05) is 43.5 Å². The lowest BCUT2D eigenvalue weighted by molar-refractivity contribution is 0.0732. The highest BCUT2D eigenvalue weighted by molar-refractivity contribution is 5.94. The number of aryl methyl sites for hydroxylation is 3. The fraction of sp³-hybridized carbons (Fsp3) is 0.500. The molecule has 0 aromatic carbocycles. The van der Waals surface area contributed by atoms with Crippen molar-refractivity contribution in [3.05, 3.63) is 50.7 Å². The molecule has 1 fully saturated rings. The number of aromatic nitrogens is 3. The van der Waals surface area contributed by atoms with Crippen LogP contribution in [0.3, 0.4) is 0 Å². The monoisotopic (exact) mass is 328 g/mol. The van der Waals surface area contributed by atoms with Crippen LogP contribution < -0.4 is 5.56 Å². The average Bonchev–Trinajstić information content (AvgIpc) is 3.10. The number of rotatable bonds is 2. The standard InChI is InChI=1S/C18H24N4O2/c1-11-8-9-14(17(23)20(11)4)18(24)22-10-6-7-15(22)16-12(2)19-21(5)13(16)3/h8-9,15H,6-7,10H2,1-5H3/t15-/m0/s1. The molecule has 1 aliphatic rings. The van der Waals surface area contributed by atoms with Crippen LogP contribution in [-0.2, 0) is 14.1 Å². The van der Waals surface area contributed by atoms with Crippen LogP contribution in [0.5, 0.6) is 0 Å². The zero-order chi connectivity index (χ0) is 17.6. The van der Waals surface area contributed by atoms with E-state index in [9.17, 15) is 9.59 Å². The molecule has 1 aliphatic heterocycles. The summed E-state index contributed by atoms with van der Waals surface area (Å²) in [5.41, 5.74) is 4.01. The van der Waals surface area contributed by atoms with Gasteiger partial charge in [0, 0.05) is 37.6 Å². The number of hydrogen-bond donors (Lipinski definition) is 0. The minimum Gasteiger partial charge on any atom is -0.331 e. The maximum Gasteiger partial charge on any atom is 0.263 e. The van der Waals surface area contributed by atoms with Crippen LogP contribution in [0.25, 0.3) is 0 Å². The molecular weight excluding hydrogens is 304 g/mol. The number of carbonyl (C=O) groups is 1. The molecule has 0 aliphatic carbocycles. The van der Waals surface area contributed by atoms with Crippen LogP contribution in [0.4, 0.5) is 0 Å². The fourth-order valence-electron chi connectivity index (χ4n) is 3.63. The van der Waals surface area contributed by atoms with Gasteiger partial charge >= 0.3 is 0 Å². The topological polar surface area (TPSA) is 60.1 Å². The highest BCUT2D eigenvalue weighted by Crippen LogP contribution is 2.36. The van der Waals surface area contributed by atoms with Crippen LogP contribution in [-0.4, -0.2) is 31.7 Å². The lowest BCUT2D eigenvalue weighted by Crippen LogP contribution is -2.36. The molecule has 3 heterocycles. The molecular formula is C18H24N4O2. The maximum atomic E-state index is 13.0. The lowest BCUT2D eigenvalue weighted by Gasteiger charge is -2.25. The van der Waals surface area contributed by atoms with E-state index in [1.165, 1.54) is 4.57 Å². The van der Waals surface area contributed by atoms with Crippen molar-refractivity contribution >= 4 is 5.91 Å². The molecule has 1 amide bonds. The molecule has 0 radical (unpaired) electrons. The highest BCUT2D eigenvalue weighted by Gasteiger charge is 2.34. The summed E-state index contributed by atoms with van der Waals surface area (Å²) in [6, 6.07) is 3.47. The number of likely N-dealkylation sites (tertiary alicyclic amines) is 1. The molecule has 24 heavy (non-hydrogen) atoms. The summed E-state index contributed by atoms with van der Waals surface area (Å²) in [6.45, 7) is 6.54. The van der Waals surface area contributed by atoms with E-state index in [4.69, 9.17) is 0 Å². The molecule has 0 unspecified atom stereocenters. The molecule has 6 heteroatoms. The van der Waals surface area contributed by atoms with E-state index < -0.39 is 0 Å². The summed E-state index contributed by atoms with van der Waals surface area (Å²) < 4.78 is 3.38. The van der Waals surface area contributed by atoms with Crippen molar-refractivity contribution in [3.63, 3.8) is 0 Å². The lowest BCUT2D eigenvalue weighted by atomic mass is 10.0. The predicted octanol–water partition coefficient (Wildman–Crippen LogP) is 2.02. The summed E-state index contributed by atoms with van der Waals surface area (Å²) >= 11 is 0. The summed E-state index contributed by atoms with van der Waals surface area (Å²) in [5.74, 6) is -0.180. The number of carbonyl (C=O) groups excluding carboxylic acids is 1. The van der Waals surface area contributed by atoms with Crippen LogP contribution in [0.1, 0.15) is 51.9 Å². The highest BCUT2D eigenvalue weighted by atomic mass is 16.2. The first-order valence-corrected chi connectivity index (χ1v) is 8.30. The Hall–Kier alpha value is -2.37. The van der Waals surface area contributed by atoms with Gasteiger partial charge in [-0.25, -0.2) is 0 Å². The van der Waals surface area contributed by atoms with Gasteiger partial charge in [-0.15, -0.1) is 0 Å². The third kappa shape index (κ3) is 2.46. The fourth-order valence-corrected chi connectivity index (χ4v) is 3.63. The Morgan fingerprint density at radius 2 is 1.92 bits per heavy atom. The Kier molecular flexibility index (Phi) is 4.07. The van der Waals surface area contributed by atoms with Gasteiger partial charge in [0.15, 0.2) is 0 Å². The van der Waals surface area contributed by atoms with Gasteiger partial charge in [-0.2, -0.15) is 5.10 Å². The smallest absolute Gasteiger partial charge is 0.263 e. The predicted molar refractivity (Wildman–Crippen MR) is 92.1 cm³/mol. The van der Waals surface area contributed by atoms with Crippen molar-refractivity contribution in [2.45, 2.75) is 39.7 Å². The number of pyridine rings is 1. The van der Waals surface area contributed by atoms with Gasteiger partial charge in [0.1, 0.15) is 5.56 Å². The van der Waals surface area contributed by atoms with Gasteiger partial charge in [0.25, 0.3) is 11.5 Å². The second kappa shape index (κ2) is 5.92. The van der Waals surface area contributed by atoms with Crippen molar-refractivity contribution in [3.8, 4) is 0 Å². The van der Waals surface area contributed by atoms with E-state index in [2.05, 4.69) is 5.10 Å². The number of hydrogen-bond acceptors (Lipinski definition) is 3. The summed E-state index contributed by atoms with van der Waals surface area (Å²) in [7, 11) is 3.62. The molecule has 0 saturated carbocycles. The minimum atomic E-state index is -0.231. The summed E-state index contributed by atoms with van der Waals surface area (Å²) in [4.78, 5) is 27.3. The van der Waals surface area contributed by atoms with Crippen molar-refractivity contribution in [1.29, 1.82) is 0 Å². The molecule has 6 nitrogen and oxygen atoms in total. The molecule has 0 bridgehead atoms. The van der Waals surface area contributed by atoms with E-state index >= 15 is 0 Å². The average molecular weight is 328 g/mol. The Bertz CT molecular complexity index is 863. The van der Waals surface area contributed by atoms with Crippen LogP contribution in [0.2, 0.25) is 0 Å². The minimum absolute atomic E-state index is 0.00258. The molecule has 1 saturated heterocycles. The first-order chi connectivity index (χ1) is 11.3. The molecule has 0 N–H and O–H groups in total. The van der Waals surface area contributed by atoms with Crippen molar-refractivity contribution < 1.29 is 4.79 Å². The third-order valence-electron chi connectivity index (χ3n) is 5.20. The van der Waals surface area contributed by atoms with Gasteiger partial charge in [-0.1, -0.05) is 0 Å². The Morgan fingerprint density at radius 3 is 2.54 bits per heavy atom. The maximum absolute atomic E-state index is 13.0. The molecule has 128 valence electrons. The zero-order valence-corrected chi connectivity index (χ0v) is 15.0. The number of nitrogens with zero attached hydrogens (tertiary/aromatic N) is 4. The molecule has 1 atom stereocenters. The van der Waals surface area contributed by atoms with Gasteiger partial charge in [-0.05, 0) is 45.7 Å². The zero-order valence-electron chi connectivity index (χ0n) is 15.0. The molecule has 2 aromatic heterocycles. The van der Waals surface area contributed by atoms with E-state index in [-0.39, 0.29) is 23.1 Å². The Balaban J connectivity index is 2.01. The SMILES string of the molecule is Cc1nn(C)c(C)c1[C@@H]1CCCN1C(=O)c1ccc(C)n(C)c1=O. The van der Waals surface area contributed by atoms with Crippen molar-refractivity contribution in [1.82, 2.24) is 19.2 Å². The third-order valence-corrected chi connectivity index (χ3v) is 5.20. The molecule has 3 rings (SSSR count). The normalized spacial score (nSPS) is 17.5. The van der Waals surface area contributed by atoms with Gasteiger partial charge in [0.05, 0.1) is 11.7 Å². The Labute approximate surface area is 141 Å². The van der Waals surface area contributed by atoms with Crippen LogP contribution >= 0.6 is 0 Å². The summed E-state index contributed by atoms with van der Waals surface area (Å²) in [6.07, 6.45) is 1.85. The van der Waals surface area contributed by atoms with Gasteiger partial charge < -0.3 is 9.47 Å². The second-order valence-electron chi connectivity index (χ2n) is 6.62. The molecule has 0 spiro atoms. The summed E-state index contributed by atoms with van der Waals surface area (Å²) in [5, 5.41) is 4.48. The van der Waals surface area contributed by atoms with Crippen molar-refractivity contribution in [2.24, 2.45) is 14.1 Å². The molecule has 2 aromatic rings. The Morgan fingerprint density at radius 1 is 1.21 bits per heavy atom. The van der Waals surface area contributed by atoms with Crippen LogP contribution in [0, 0.1) is 20.8 Å². The first-order valence-electron chi connectivity index (χ1n) is 8.30. The van der Waals surface area contributed by atoms with Gasteiger partial charge in [0.2, 0.25) is 0 Å². The van der Waals surface area contributed by atoms with Crippen LogP contribution in [0.15, 0.2) is 16.9 Å². The quantitative estimate of drug-likeness (QED) is 0.847. The van der Waals surface area contributed by atoms with Gasteiger partial charge in [-0.3, -0.25) is 14.3 Å². The van der Waals surface area contributed by atoms with E-state index in [0.29, 0.717) is 6.54 Å². The van der Waals surface area contributed by atoms with E-state index in [0.717, 1.165) is 35.5 Å². The number of amides is 1. The first kappa shape index (κ1) is 16.5. The second-order valence-corrected chi connectivity index (χ2v) is 6.62. The van der Waals surface area contributed by atoms with Crippen molar-refractivity contribution in [2.75, 3.05) is 6.54 Å². The van der Waals surface area contributed by atoms with E-state index in [1.54, 1.807) is 13.1 Å². The largest absolute Gasteiger partial charge is 0.331 e.